The van der Waals surface area contributed by atoms with Gasteiger partial charge in [-0.3, -0.25) is 4.99 Å². The molecule has 5 heteroatoms. The van der Waals surface area contributed by atoms with Crippen molar-refractivity contribution in [1.82, 2.24) is 10.6 Å². The summed E-state index contributed by atoms with van der Waals surface area (Å²) in [5, 5.41) is 6.23. The lowest BCUT2D eigenvalue weighted by Crippen LogP contribution is -2.34. The summed E-state index contributed by atoms with van der Waals surface area (Å²) in [6.45, 7) is 3.08. The second kappa shape index (κ2) is 8.64. The van der Waals surface area contributed by atoms with Crippen LogP contribution in [0.1, 0.15) is 24.0 Å². The van der Waals surface area contributed by atoms with Crippen LogP contribution in [0.15, 0.2) is 29.3 Å². The Kier molecular flexibility index (Phi) is 6.50. The third-order valence-corrected chi connectivity index (χ3v) is 3.60. The number of nitrogens with zero attached hydrogens (tertiary/aromatic N) is 1. The van der Waals surface area contributed by atoms with E-state index in [0.29, 0.717) is 12.7 Å². The quantitative estimate of drug-likeness (QED) is 0.640. The third-order valence-electron chi connectivity index (χ3n) is 3.60. The lowest BCUT2D eigenvalue weighted by atomic mass is 10.1. The molecular formula is C16H25N3O2. The zero-order chi connectivity index (χ0) is 14.9. The van der Waals surface area contributed by atoms with Crippen LogP contribution in [0, 0.1) is 0 Å². The van der Waals surface area contributed by atoms with Gasteiger partial charge < -0.3 is 20.1 Å². The van der Waals surface area contributed by atoms with Crippen molar-refractivity contribution in [1.29, 1.82) is 0 Å². The molecule has 116 valence electrons. The molecule has 5 nitrogen and oxygen atoms in total. The summed E-state index contributed by atoms with van der Waals surface area (Å²) < 4.78 is 11.2. The smallest absolute Gasteiger partial charge is 0.190 e. The van der Waals surface area contributed by atoms with Crippen LogP contribution in [0.4, 0.5) is 0 Å². The Balaban J connectivity index is 1.76. The van der Waals surface area contributed by atoms with E-state index in [9.17, 15) is 0 Å². The van der Waals surface area contributed by atoms with Crippen molar-refractivity contribution in [2.24, 2.45) is 4.99 Å². The maximum absolute atomic E-state index is 5.92. The molecule has 0 amide bonds. The van der Waals surface area contributed by atoms with E-state index in [0.717, 1.165) is 38.6 Å². The molecule has 0 bridgehead atoms. The molecule has 1 aromatic rings. The van der Waals surface area contributed by atoms with Crippen molar-refractivity contribution >= 4 is 5.96 Å². The Morgan fingerprint density at radius 1 is 1.24 bits per heavy atom. The minimum atomic E-state index is 0.346. The first-order chi connectivity index (χ1) is 10.3. The molecule has 0 atom stereocenters. The zero-order valence-corrected chi connectivity index (χ0v) is 12.9. The fraction of sp³-hybridized carbons (Fsp3) is 0.562. The van der Waals surface area contributed by atoms with E-state index < -0.39 is 0 Å². The van der Waals surface area contributed by atoms with Crippen molar-refractivity contribution in [3.8, 4) is 0 Å². The summed E-state index contributed by atoms with van der Waals surface area (Å²) in [6.07, 6.45) is 2.36. The first-order valence-electron chi connectivity index (χ1n) is 7.47. The van der Waals surface area contributed by atoms with E-state index in [4.69, 9.17) is 9.47 Å². The van der Waals surface area contributed by atoms with Crippen LogP contribution in [0.3, 0.4) is 0 Å². The first-order valence-corrected chi connectivity index (χ1v) is 7.47. The van der Waals surface area contributed by atoms with Gasteiger partial charge in [0.2, 0.25) is 0 Å². The average Bonchev–Trinajstić information content (AvgIpc) is 2.56. The summed E-state index contributed by atoms with van der Waals surface area (Å²) in [7, 11) is 3.61. The molecule has 2 rings (SSSR count). The maximum Gasteiger partial charge on any atom is 0.190 e. The van der Waals surface area contributed by atoms with E-state index >= 15 is 0 Å². The summed E-state index contributed by atoms with van der Waals surface area (Å²) in [5.41, 5.74) is 2.43. The fourth-order valence-electron chi connectivity index (χ4n) is 2.28. The van der Waals surface area contributed by atoms with Gasteiger partial charge in [-0.1, -0.05) is 24.3 Å². The highest BCUT2D eigenvalue weighted by atomic mass is 16.5. The standard InChI is InChI=1S/C16H25N3O2/c1-17-16(18-2)19-11-13-3-5-14(6-4-13)12-21-15-7-9-20-10-8-15/h3-6,15H,7-12H2,1-2H3,(H2,17,18,19). The van der Waals surface area contributed by atoms with Crippen LogP contribution in [-0.2, 0) is 22.6 Å². The predicted octanol–water partition coefficient (Wildman–Crippen LogP) is 1.68. The molecule has 0 spiro atoms. The Morgan fingerprint density at radius 3 is 2.52 bits per heavy atom. The molecular weight excluding hydrogens is 266 g/mol. The lowest BCUT2D eigenvalue weighted by Gasteiger charge is -2.22. The summed E-state index contributed by atoms with van der Waals surface area (Å²) in [6, 6.07) is 8.49. The second-order valence-electron chi connectivity index (χ2n) is 5.11. The second-order valence-corrected chi connectivity index (χ2v) is 5.11. The molecule has 1 aliphatic rings. The van der Waals surface area contributed by atoms with Gasteiger partial charge in [-0.15, -0.1) is 0 Å². The van der Waals surface area contributed by atoms with Crippen LogP contribution in [0.2, 0.25) is 0 Å². The zero-order valence-electron chi connectivity index (χ0n) is 12.9. The number of aliphatic imine (C=N–C) groups is 1. The number of hydrogen-bond donors (Lipinski definition) is 2. The molecule has 0 radical (unpaired) electrons. The molecule has 1 aliphatic heterocycles. The summed E-state index contributed by atoms with van der Waals surface area (Å²) in [4.78, 5) is 4.08. The van der Waals surface area contributed by atoms with Crippen molar-refractivity contribution in [2.45, 2.75) is 32.1 Å². The monoisotopic (exact) mass is 291 g/mol. The van der Waals surface area contributed by atoms with Gasteiger partial charge in [-0.05, 0) is 24.0 Å². The molecule has 1 fully saturated rings. The number of guanidine groups is 1. The minimum absolute atomic E-state index is 0.346. The molecule has 1 heterocycles. The molecule has 21 heavy (non-hydrogen) atoms. The van der Waals surface area contributed by atoms with Crippen LogP contribution in [-0.4, -0.2) is 39.4 Å². The fourth-order valence-corrected chi connectivity index (χ4v) is 2.28. The van der Waals surface area contributed by atoms with Crippen molar-refractivity contribution in [2.75, 3.05) is 27.3 Å². The van der Waals surface area contributed by atoms with Crippen molar-refractivity contribution in [3.05, 3.63) is 35.4 Å². The number of hydrogen-bond acceptors (Lipinski definition) is 3. The maximum atomic E-state index is 5.92. The molecule has 1 aromatic carbocycles. The first kappa shape index (κ1) is 15.8. The molecule has 1 saturated heterocycles. The predicted molar refractivity (Wildman–Crippen MR) is 84.3 cm³/mol. The minimum Gasteiger partial charge on any atom is -0.381 e. The SMILES string of the molecule is CN=C(NC)NCc1ccc(COC2CCOCC2)cc1. The Hall–Kier alpha value is -1.59. The van der Waals surface area contributed by atoms with E-state index in [-0.39, 0.29) is 0 Å². The highest BCUT2D eigenvalue weighted by Gasteiger charge is 2.13. The summed E-state index contributed by atoms with van der Waals surface area (Å²) >= 11 is 0. The molecule has 0 aliphatic carbocycles. The average molecular weight is 291 g/mol. The highest BCUT2D eigenvalue weighted by molar-refractivity contribution is 5.79. The van der Waals surface area contributed by atoms with Gasteiger partial charge in [-0.25, -0.2) is 0 Å². The highest BCUT2D eigenvalue weighted by Crippen LogP contribution is 2.13. The van der Waals surface area contributed by atoms with E-state index in [1.165, 1.54) is 11.1 Å². The van der Waals surface area contributed by atoms with Gasteiger partial charge in [0.15, 0.2) is 5.96 Å². The summed E-state index contributed by atoms with van der Waals surface area (Å²) in [5.74, 6) is 0.793. The normalized spacial score (nSPS) is 16.8. The van der Waals surface area contributed by atoms with E-state index in [2.05, 4.69) is 39.9 Å². The largest absolute Gasteiger partial charge is 0.381 e. The third kappa shape index (κ3) is 5.36. The van der Waals surface area contributed by atoms with Gasteiger partial charge in [0.05, 0.1) is 12.7 Å². The van der Waals surface area contributed by atoms with Crippen LogP contribution >= 0.6 is 0 Å². The van der Waals surface area contributed by atoms with E-state index in [1.807, 2.05) is 7.05 Å². The Morgan fingerprint density at radius 2 is 1.90 bits per heavy atom. The number of benzene rings is 1. The van der Waals surface area contributed by atoms with Gasteiger partial charge in [0, 0.05) is 33.9 Å². The van der Waals surface area contributed by atoms with Crippen molar-refractivity contribution in [3.63, 3.8) is 0 Å². The Bertz CT molecular complexity index is 439. The topological polar surface area (TPSA) is 54.9 Å². The number of ether oxygens (including phenoxy) is 2. The molecule has 0 aromatic heterocycles. The van der Waals surface area contributed by atoms with E-state index in [1.54, 1.807) is 7.05 Å². The van der Waals surface area contributed by atoms with Gasteiger partial charge in [0.25, 0.3) is 0 Å². The van der Waals surface area contributed by atoms with Crippen LogP contribution in [0.5, 0.6) is 0 Å². The van der Waals surface area contributed by atoms with Gasteiger partial charge >= 0.3 is 0 Å². The Labute approximate surface area is 126 Å². The lowest BCUT2D eigenvalue weighted by molar-refractivity contribution is -0.0390. The van der Waals surface area contributed by atoms with Gasteiger partial charge in [0.1, 0.15) is 0 Å². The van der Waals surface area contributed by atoms with Crippen LogP contribution in [0.25, 0.3) is 0 Å². The molecule has 0 saturated carbocycles. The number of nitrogens with one attached hydrogen (secondary N) is 2. The number of rotatable bonds is 5. The molecule has 2 N–H and O–H groups in total. The van der Waals surface area contributed by atoms with Crippen LogP contribution < -0.4 is 10.6 Å². The molecule has 0 unspecified atom stereocenters. The van der Waals surface area contributed by atoms with Gasteiger partial charge in [-0.2, -0.15) is 0 Å². The van der Waals surface area contributed by atoms with Crippen molar-refractivity contribution < 1.29 is 9.47 Å².